The van der Waals surface area contributed by atoms with Gasteiger partial charge in [0, 0.05) is 11.8 Å². The third-order valence-corrected chi connectivity index (χ3v) is 7.05. The lowest BCUT2D eigenvalue weighted by molar-refractivity contribution is -0.147. The van der Waals surface area contributed by atoms with Gasteiger partial charge in [-0.3, -0.25) is 9.59 Å². The smallest absolute Gasteiger partial charge is 0.156 e. The predicted octanol–water partition coefficient (Wildman–Crippen LogP) is 3.55. The highest BCUT2D eigenvalue weighted by molar-refractivity contribution is 6.13. The van der Waals surface area contributed by atoms with Gasteiger partial charge in [0.25, 0.3) is 0 Å². The predicted molar refractivity (Wildman–Crippen MR) is 77.0 cm³/mol. The summed E-state index contributed by atoms with van der Waals surface area (Å²) >= 11 is 0. The Bertz CT molecular complexity index is 544. The van der Waals surface area contributed by atoms with Crippen molar-refractivity contribution in [2.75, 3.05) is 0 Å². The summed E-state index contributed by atoms with van der Waals surface area (Å²) in [7, 11) is 0. The van der Waals surface area contributed by atoms with Gasteiger partial charge in [0.2, 0.25) is 0 Å². The molecule has 0 heterocycles. The van der Waals surface area contributed by atoms with Crippen LogP contribution >= 0.6 is 0 Å². The quantitative estimate of drug-likeness (QED) is 0.499. The highest BCUT2D eigenvalue weighted by Crippen LogP contribution is 2.72. The minimum absolute atomic E-state index is 0.0468. The standard InChI is InChI=1S/C18H24O2/c1-16(2)9-10-17(3)14(16)12-8-7-11-5-4-6-13(19)18(11,12)15(17)20/h9-12,14H,4-8H2,1-3H3/t11-,12+,14-,17+,18+/m1/s1. The molecule has 108 valence electrons. The first-order chi connectivity index (χ1) is 9.35. The van der Waals surface area contributed by atoms with Crippen LogP contribution in [0.4, 0.5) is 0 Å². The Morgan fingerprint density at radius 3 is 2.55 bits per heavy atom. The van der Waals surface area contributed by atoms with Crippen molar-refractivity contribution in [1.29, 1.82) is 0 Å². The van der Waals surface area contributed by atoms with E-state index in [2.05, 4.69) is 32.9 Å². The molecule has 5 atom stereocenters. The first-order valence-corrected chi connectivity index (χ1v) is 8.14. The van der Waals surface area contributed by atoms with E-state index in [0.29, 0.717) is 24.2 Å². The van der Waals surface area contributed by atoms with Crippen LogP contribution in [-0.4, -0.2) is 11.6 Å². The van der Waals surface area contributed by atoms with Crippen LogP contribution in [0, 0.1) is 34.0 Å². The van der Waals surface area contributed by atoms with Crippen molar-refractivity contribution in [2.24, 2.45) is 34.0 Å². The summed E-state index contributed by atoms with van der Waals surface area (Å²) in [6, 6.07) is 0. The molecule has 0 radical (unpaired) electrons. The molecule has 0 amide bonds. The summed E-state index contributed by atoms with van der Waals surface area (Å²) in [6.45, 7) is 6.58. The number of hydrogen-bond acceptors (Lipinski definition) is 2. The van der Waals surface area contributed by atoms with Gasteiger partial charge in [0.1, 0.15) is 5.78 Å². The second kappa shape index (κ2) is 3.45. The Morgan fingerprint density at radius 1 is 1.05 bits per heavy atom. The molecule has 0 saturated heterocycles. The molecule has 0 aromatic carbocycles. The molecular formula is C18H24O2. The van der Waals surface area contributed by atoms with Gasteiger partial charge in [-0.2, -0.15) is 0 Å². The van der Waals surface area contributed by atoms with Gasteiger partial charge in [-0.15, -0.1) is 0 Å². The van der Waals surface area contributed by atoms with E-state index >= 15 is 0 Å². The second-order valence-corrected chi connectivity index (χ2v) is 8.31. The van der Waals surface area contributed by atoms with Crippen LogP contribution in [0.25, 0.3) is 0 Å². The van der Waals surface area contributed by atoms with E-state index < -0.39 is 5.41 Å². The van der Waals surface area contributed by atoms with Crippen LogP contribution in [0.2, 0.25) is 0 Å². The van der Waals surface area contributed by atoms with Crippen molar-refractivity contribution >= 4 is 11.6 Å². The largest absolute Gasteiger partial charge is 0.299 e. The zero-order valence-corrected chi connectivity index (χ0v) is 12.7. The van der Waals surface area contributed by atoms with Crippen LogP contribution in [0.5, 0.6) is 0 Å². The van der Waals surface area contributed by atoms with Crippen molar-refractivity contribution in [3.05, 3.63) is 12.2 Å². The van der Waals surface area contributed by atoms with Gasteiger partial charge in [0.05, 0.1) is 5.41 Å². The van der Waals surface area contributed by atoms with Gasteiger partial charge in [-0.1, -0.05) is 26.0 Å². The Hall–Kier alpha value is -0.920. The zero-order valence-electron chi connectivity index (χ0n) is 12.7. The fourth-order valence-electron chi connectivity index (χ4n) is 6.54. The third-order valence-electron chi connectivity index (χ3n) is 7.05. The van der Waals surface area contributed by atoms with Gasteiger partial charge < -0.3 is 0 Å². The van der Waals surface area contributed by atoms with E-state index in [-0.39, 0.29) is 22.4 Å². The average Bonchev–Trinajstić information content (AvgIpc) is 2.93. The van der Waals surface area contributed by atoms with E-state index in [9.17, 15) is 9.59 Å². The summed E-state index contributed by atoms with van der Waals surface area (Å²) in [5.41, 5.74) is -0.940. The monoisotopic (exact) mass is 272 g/mol. The highest BCUT2D eigenvalue weighted by Gasteiger charge is 2.75. The molecule has 20 heavy (non-hydrogen) atoms. The maximum absolute atomic E-state index is 13.4. The fourth-order valence-corrected chi connectivity index (χ4v) is 6.54. The van der Waals surface area contributed by atoms with Gasteiger partial charge in [-0.25, -0.2) is 0 Å². The molecule has 0 unspecified atom stereocenters. The van der Waals surface area contributed by atoms with E-state index in [1.807, 2.05) is 0 Å². The number of hydrogen-bond donors (Lipinski definition) is 0. The van der Waals surface area contributed by atoms with E-state index in [1.165, 1.54) is 0 Å². The lowest BCUT2D eigenvalue weighted by Gasteiger charge is -2.39. The molecule has 0 N–H and O–H groups in total. The van der Waals surface area contributed by atoms with Gasteiger partial charge >= 0.3 is 0 Å². The van der Waals surface area contributed by atoms with Crippen LogP contribution < -0.4 is 0 Å². The molecule has 4 aliphatic rings. The van der Waals surface area contributed by atoms with Gasteiger partial charge in [0.15, 0.2) is 5.78 Å². The van der Waals surface area contributed by atoms with Crippen LogP contribution in [0.15, 0.2) is 12.2 Å². The molecular weight excluding hydrogens is 248 g/mol. The maximum atomic E-state index is 13.4. The first-order valence-electron chi connectivity index (χ1n) is 8.14. The number of Topliss-reactive ketones (excluding diaryl/α,β-unsaturated/α-hetero) is 2. The number of fused-ring (bicyclic) bond motifs is 2. The molecule has 2 nitrogen and oxygen atoms in total. The highest BCUT2D eigenvalue weighted by atomic mass is 16.2. The SMILES string of the molecule is CC1(C)C=C[C@]2(C)C(=O)[C@@]34C(=O)CCC[C@@H]3CC[C@H]4[C@H]12. The van der Waals surface area contributed by atoms with Crippen molar-refractivity contribution in [3.8, 4) is 0 Å². The van der Waals surface area contributed by atoms with E-state index in [4.69, 9.17) is 0 Å². The molecule has 0 aromatic rings. The average molecular weight is 272 g/mol. The van der Waals surface area contributed by atoms with Crippen LogP contribution in [0.3, 0.4) is 0 Å². The second-order valence-electron chi connectivity index (χ2n) is 8.31. The number of carbonyl (C=O) groups excluding carboxylic acids is 2. The molecule has 2 heteroatoms. The number of allylic oxidation sites excluding steroid dienone is 2. The van der Waals surface area contributed by atoms with E-state index in [0.717, 1.165) is 25.7 Å². The third kappa shape index (κ3) is 1.11. The molecule has 4 rings (SSSR count). The summed E-state index contributed by atoms with van der Waals surface area (Å²) in [4.78, 5) is 26.2. The molecule has 1 spiro atoms. The Morgan fingerprint density at radius 2 is 1.80 bits per heavy atom. The molecule has 3 fully saturated rings. The first kappa shape index (κ1) is 12.8. The fraction of sp³-hybridized carbons (Fsp3) is 0.778. The van der Waals surface area contributed by atoms with Crippen LogP contribution in [0.1, 0.15) is 52.9 Å². The minimum Gasteiger partial charge on any atom is -0.299 e. The molecule has 4 aliphatic carbocycles. The van der Waals surface area contributed by atoms with Crippen molar-refractivity contribution in [2.45, 2.75) is 52.9 Å². The summed E-state index contributed by atoms with van der Waals surface area (Å²) in [6.07, 6.45) is 9.23. The summed E-state index contributed by atoms with van der Waals surface area (Å²) in [5, 5.41) is 0. The minimum atomic E-state index is -0.598. The van der Waals surface area contributed by atoms with Crippen molar-refractivity contribution < 1.29 is 9.59 Å². The van der Waals surface area contributed by atoms with E-state index in [1.54, 1.807) is 0 Å². The topological polar surface area (TPSA) is 34.1 Å². The lowest BCUT2D eigenvalue weighted by atomic mass is 9.61. The van der Waals surface area contributed by atoms with Crippen molar-refractivity contribution in [3.63, 3.8) is 0 Å². The van der Waals surface area contributed by atoms with Crippen molar-refractivity contribution in [1.82, 2.24) is 0 Å². The molecule has 0 aliphatic heterocycles. The summed E-state index contributed by atoms with van der Waals surface area (Å²) < 4.78 is 0. The number of ketones is 2. The Balaban J connectivity index is 1.93. The molecule has 3 saturated carbocycles. The molecule has 0 aromatic heterocycles. The maximum Gasteiger partial charge on any atom is 0.156 e. The summed E-state index contributed by atoms with van der Waals surface area (Å²) in [5.74, 6) is 1.51. The van der Waals surface area contributed by atoms with Gasteiger partial charge in [-0.05, 0) is 55.8 Å². The Labute approximate surface area is 121 Å². The zero-order chi connectivity index (χ0) is 14.3. The number of rotatable bonds is 0. The Kier molecular flexibility index (Phi) is 2.21. The molecule has 0 bridgehead atoms. The number of carbonyl (C=O) groups is 2. The normalized spacial score (nSPS) is 52.0. The lowest BCUT2D eigenvalue weighted by Crippen LogP contribution is -2.48. The van der Waals surface area contributed by atoms with Crippen LogP contribution in [-0.2, 0) is 9.59 Å².